The minimum absolute atomic E-state index is 0.580. The lowest BCUT2D eigenvalue weighted by Crippen LogP contribution is -2.26. The minimum atomic E-state index is 0.580. The number of fused-ring (bicyclic) bond motifs is 1. The number of thiazole rings is 1. The van der Waals surface area contributed by atoms with Crippen molar-refractivity contribution < 1.29 is 0 Å². The molecule has 0 radical (unpaired) electrons. The van der Waals surface area contributed by atoms with Gasteiger partial charge in [-0.3, -0.25) is 4.40 Å². The molecule has 1 N–H and O–H groups in total. The molecule has 3 nitrogen and oxygen atoms in total. The Balaban J connectivity index is 1.87. The highest BCUT2D eigenvalue weighted by molar-refractivity contribution is 7.17. The van der Waals surface area contributed by atoms with E-state index >= 15 is 0 Å². The maximum absolute atomic E-state index is 4.64. The fraction of sp³-hybridized carbons (Fsp3) is 0.688. The molecule has 112 valence electrons. The second kappa shape index (κ2) is 7.23. The SMILES string of the molecule is CCCCCCC(C)NCc1c(C)nc2sc(C)cn12. The van der Waals surface area contributed by atoms with Crippen LogP contribution in [-0.4, -0.2) is 15.4 Å². The molecule has 0 saturated carbocycles. The van der Waals surface area contributed by atoms with Crippen LogP contribution in [0.3, 0.4) is 0 Å². The van der Waals surface area contributed by atoms with Gasteiger partial charge >= 0.3 is 0 Å². The number of rotatable bonds is 8. The second-order valence-electron chi connectivity index (χ2n) is 5.77. The van der Waals surface area contributed by atoms with Gasteiger partial charge in [-0.2, -0.15) is 0 Å². The average Bonchev–Trinajstić information content (AvgIpc) is 2.88. The van der Waals surface area contributed by atoms with Gasteiger partial charge in [0.2, 0.25) is 0 Å². The molecule has 0 aliphatic carbocycles. The van der Waals surface area contributed by atoms with Crippen molar-refractivity contribution in [3.63, 3.8) is 0 Å². The van der Waals surface area contributed by atoms with E-state index in [1.807, 2.05) is 0 Å². The quantitative estimate of drug-likeness (QED) is 0.728. The molecule has 0 aromatic carbocycles. The predicted octanol–water partition coefficient (Wildman–Crippen LogP) is 4.46. The molecule has 1 atom stereocenters. The van der Waals surface area contributed by atoms with Gasteiger partial charge in [0, 0.05) is 23.7 Å². The Morgan fingerprint density at radius 1 is 1.30 bits per heavy atom. The summed E-state index contributed by atoms with van der Waals surface area (Å²) in [6, 6.07) is 0.580. The number of aryl methyl sites for hydroxylation is 2. The molecule has 0 saturated heterocycles. The molecule has 1 unspecified atom stereocenters. The van der Waals surface area contributed by atoms with Gasteiger partial charge in [-0.1, -0.05) is 32.6 Å². The van der Waals surface area contributed by atoms with E-state index in [4.69, 9.17) is 0 Å². The standard InChI is InChI=1S/C16H27N3S/c1-5-6-7-8-9-12(2)17-10-15-14(4)18-16-19(15)11-13(3)20-16/h11-12,17H,5-10H2,1-4H3. The van der Waals surface area contributed by atoms with Crippen LogP contribution in [0.25, 0.3) is 4.96 Å². The predicted molar refractivity (Wildman–Crippen MR) is 87.6 cm³/mol. The highest BCUT2D eigenvalue weighted by Crippen LogP contribution is 2.20. The van der Waals surface area contributed by atoms with Crippen molar-refractivity contribution in [2.75, 3.05) is 0 Å². The highest BCUT2D eigenvalue weighted by atomic mass is 32.1. The summed E-state index contributed by atoms with van der Waals surface area (Å²) in [5.74, 6) is 0. The number of nitrogens with one attached hydrogen (secondary N) is 1. The topological polar surface area (TPSA) is 29.3 Å². The fourth-order valence-electron chi connectivity index (χ4n) is 2.57. The molecule has 20 heavy (non-hydrogen) atoms. The number of unbranched alkanes of at least 4 members (excludes halogenated alkanes) is 3. The first-order chi connectivity index (χ1) is 9.61. The van der Waals surface area contributed by atoms with Gasteiger partial charge in [0.05, 0.1) is 11.4 Å². The maximum atomic E-state index is 4.64. The Hall–Kier alpha value is -0.870. The van der Waals surface area contributed by atoms with Crippen LogP contribution < -0.4 is 5.32 Å². The van der Waals surface area contributed by atoms with Gasteiger partial charge < -0.3 is 5.32 Å². The van der Waals surface area contributed by atoms with Gasteiger partial charge in [0.25, 0.3) is 0 Å². The van der Waals surface area contributed by atoms with Crippen LogP contribution in [0, 0.1) is 13.8 Å². The van der Waals surface area contributed by atoms with Crippen LogP contribution in [0.5, 0.6) is 0 Å². The monoisotopic (exact) mass is 293 g/mol. The third-order valence-corrected chi connectivity index (χ3v) is 4.75. The first-order valence-electron chi connectivity index (χ1n) is 7.79. The molecule has 4 heteroatoms. The van der Waals surface area contributed by atoms with E-state index in [0.717, 1.165) is 17.2 Å². The number of nitrogens with zero attached hydrogens (tertiary/aromatic N) is 2. The molecule has 0 aliphatic heterocycles. The van der Waals surface area contributed by atoms with E-state index in [2.05, 4.69) is 48.6 Å². The van der Waals surface area contributed by atoms with Crippen LogP contribution >= 0.6 is 11.3 Å². The maximum Gasteiger partial charge on any atom is 0.194 e. The number of hydrogen-bond acceptors (Lipinski definition) is 3. The summed E-state index contributed by atoms with van der Waals surface area (Å²) in [6.45, 7) is 9.72. The molecular formula is C16H27N3S. The number of hydrogen-bond donors (Lipinski definition) is 1. The van der Waals surface area contributed by atoms with Crippen LogP contribution in [0.15, 0.2) is 6.20 Å². The Morgan fingerprint density at radius 2 is 2.10 bits per heavy atom. The molecule has 0 fully saturated rings. The van der Waals surface area contributed by atoms with Gasteiger partial charge in [-0.25, -0.2) is 4.98 Å². The Bertz CT molecular complexity index is 541. The zero-order valence-corrected chi connectivity index (χ0v) is 14.0. The zero-order chi connectivity index (χ0) is 14.5. The van der Waals surface area contributed by atoms with E-state index < -0.39 is 0 Å². The van der Waals surface area contributed by atoms with E-state index in [1.54, 1.807) is 11.3 Å². The molecule has 2 heterocycles. The summed E-state index contributed by atoms with van der Waals surface area (Å²) in [6.07, 6.45) is 8.84. The third kappa shape index (κ3) is 3.83. The lowest BCUT2D eigenvalue weighted by Gasteiger charge is -2.13. The largest absolute Gasteiger partial charge is 0.309 e. The third-order valence-electron chi connectivity index (χ3n) is 3.85. The summed E-state index contributed by atoms with van der Waals surface area (Å²) in [5.41, 5.74) is 2.46. The molecule has 0 aliphatic rings. The van der Waals surface area contributed by atoms with Crippen LogP contribution in [0.1, 0.15) is 62.2 Å². The fourth-order valence-corrected chi connectivity index (χ4v) is 3.46. The molecule has 0 bridgehead atoms. The zero-order valence-electron chi connectivity index (χ0n) is 13.2. The average molecular weight is 293 g/mol. The lowest BCUT2D eigenvalue weighted by molar-refractivity contribution is 0.478. The van der Waals surface area contributed by atoms with E-state index in [-0.39, 0.29) is 0 Å². The van der Waals surface area contributed by atoms with Gasteiger partial charge in [0.15, 0.2) is 4.96 Å². The molecule has 2 aromatic rings. The van der Waals surface area contributed by atoms with Crippen molar-refractivity contribution in [2.24, 2.45) is 0 Å². The summed E-state index contributed by atoms with van der Waals surface area (Å²) < 4.78 is 2.24. The van der Waals surface area contributed by atoms with Gasteiger partial charge in [-0.05, 0) is 27.2 Å². The number of imidazole rings is 1. The summed E-state index contributed by atoms with van der Waals surface area (Å²) in [4.78, 5) is 7.08. The Morgan fingerprint density at radius 3 is 2.85 bits per heavy atom. The first kappa shape index (κ1) is 15.5. The Labute approximate surface area is 126 Å². The van der Waals surface area contributed by atoms with Gasteiger partial charge in [0.1, 0.15) is 0 Å². The molecule has 0 spiro atoms. The van der Waals surface area contributed by atoms with Crippen LogP contribution in [0.4, 0.5) is 0 Å². The van der Waals surface area contributed by atoms with Crippen LogP contribution in [0.2, 0.25) is 0 Å². The highest BCUT2D eigenvalue weighted by Gasteiger charge is 2.11. The van der Waals surface area contributed by atoms with E-state index in [9.17, 15) is 0 Å². The second-order valence-corrected chi connectivity index (χ2v) is 6.98. The van der Waals surface area contributed by atoms with Crippen LogP contribution in [-0.2, 0) is 6.54 Å². The van der Waals surface area contributed by atoms with Gasteiger partial charge in [-0.15, -0.1) is 11.3 Å². The Kier molecular flexibility index (Phi) is 5.61. The molecule has 2 aromatic heterocycles. The van der Waals surface area contributed by atoms with Crippen molar-refractivity contribution in [1.29, 1.82) is 0 Å². The van der Waals surface area contributed by atoms with Crippen molar-refractivity contribution in [2.45, 2.75) is 72.4 Å². The van der Waals surface area contributed by atoms with Crippen molar-refractivity contribution in [3.8, 4) is 0 Å². The number of aromatic nitrogens is 2. The summed E-state index contributed by atoms with van der Waals surface area (Å²) in [5, 5.41) is 3.65. The molecular weight excluding hydrogens is 266 g/mol. The van der Waals surface area contributed by atoms with Crippen molar-refractivity contribution in [1.82, 2.24) is 14.7 Å². The van der Waals surface area contributed by atoms with Crippen molar-refractivity contribution >= 4 is 16.3 Å². The van der Waals surface area contributed by atoms with E-state index in [1.165, 1.54) is 42.7 Å². The summed E-state index contributed by atoms with van der Waals surface area (Å²) in [7, 11) is 0. The smallest absolute Gasteiger partial charge is 0.194 e. The van der Waals surface area contributed by atoms with Crippen molar-refractivity contribution in [3.05, 3.63) is 22.5 Å². The molecule has 0 amide bonds. The minimum Gasteiger partial charge on any atom is -0.309 e. The normalized spacial score (nSPS) is 13.2. The first-order valence-corrected chi connectivity index (χ1v) is 8.60. The lowest BCUT2D eigenvalue weighted by atomic mass is 10.1. The molecule has 2 rings (SSSR count). The summed E-state index contributed by atoms with van der Waals surface area (Å²) >= 11 is 1.76. The van der Waals surface area contributed by atoms with E-state index in [0.29, 0.717) is 6.04 Å².